The minimum atomic E-state index is -1.95. The van der Waals surface area contributed by atoms with Crippen LogP contribution in [-0.2, 0) is 10.8 Å². The summed E-state index contributed by atoms with van der Waals surface area (Å²) in [6.45, 7) is 9.00. The van der Waals surface area contributed by atoms with E-state index in [9.17, 15) is 37.0 Å². The van der Waals surface area contributed by atoms with Crippen molar-refractivity contribution in [2.24, 2.45) is 0 Å². The third kappa shape index (κ3) is 8.80. The van der Waals surface area contributed by atoms with Gasteiger partial charge in [-0.3, -0.25) is 0 Å². The van der Waals surface area contributed by atoms with Gasteiger partial charge >= 0.3 is 0 Å². The normalized spacial score (nSPS) is 17.1. The van der Waals surface area contributed by atoms with Crippen LogP contribution in [-0.4, -0.2) is 15.8 Å². The van der Waals surface area contributed by atoms with Gasteiger partial charge in [0, 0.05) is 83.1 Å². The second kappa shape index (κ2) is 21.8. The Kier molecular flexibility index (Phi) is 7.85. The quantitative estimate of drug-likeness (QED) is 0.142. The lowest BCUT2D eigenvalue weighted by Gasteiger charge is -2.46. The van der Waals surface area contributed by atoms with Crippen LogP contribution in [0.1, 0.15) is 92.4 Å². The van der Waals surface area contributed by atoms with Gasteiger partial charge in [-0.25, -0.2) is 0 Å². The molecule has 0 amide bonds. The number of para-hydroxylation sites is 5. The lowest BCUT2D eigenvalue weighted by atomic mass is 9.33. The fourth-order valence-corrected chi connectivity index (χ4v) is 14.2. The third-order valence-electron chi connectivity index (χ3n) is 18.6. The van der Waals surface area contributed by atoms with Crippen LogP contribution in [0.25, 0.3) is 121 Å². The molecule has 6 heteroatoms. The first-order valence-corrected chi connectivity index (χ1v) is 32.0. The second-order valence-electron chi connectivity index (χ2n) is 26.5. The summed E-state index contributed by atoms with van der Waals surface area (Å²) in [5.41, 5.74) is -7.83. The van der Waals surface area contributed by atoms with Crippen molar-refractivity contribution in [3.05, 3.63) is 320 Å². The number of furan rings is 1. The first-order valence-electron chi connectivity index (χ1n) is 46.5. The molecule has 0 spiro atoms. The Balaban J connectivity index is 1.12. The van der Waals surface area contributed by atoms with Crippen molar-refractivity contribution < 1.29 is 44.2 Å². The van der Waals surface area contributed by atoms with Gasteiger partial charge in [0.2, 0.25) is 0 Å². The summed E-state index contributed by atoms with van der Waals surface area (Å²) < 4.78 is 302. The Bertz CT molecular complexity index is 7760. The zero-order valence-electron chi connectivity index (χ0n) is 82.5. The van der Waals surface area contributed by atoms with E-state index in [1.54, 1.807) is 154 Å². The summed E-state index contributed by atoms with van der Waals surface area (Å²) in [4.78, 5) is 2.95. The van der Waals surface area contributed by atoms with E-state index in [0.29, 0.717) is 5.56 Å². The van der Waals surface area contributed by atoms with E-state index in [1.807, 2.05) is 20.8 Å². The topological polar surface area (TPSA) is 29.5 Å². The minimum Gasteiger partial charge on any atom is -0.454 e. The van der Waals surface area contributed by atoms with Crippen molar-refractivity contribution in [3.63, 3.8) is 0 Å². The number of aromatic nitrogens is 2. The first-order chi connectivity index (χ1) is 60.0. The molecule has 5 nitrogen and oxygen atoms in total. The van der Waals surface area contributed by atoms with Crippen LogP contribution in [0.2, 0.25) is 0 Å². The van der Waals surface area contributed by atoms with Gasteiger partial charge in [-0.15, -0.1) is 0 Å². The summed E-state index contributed by atoms with van der Waals surface area (Å²) in [5.74, 6) is 0. The van der Waals surface area contributed by atoms with E-state index in [4.69, 9.17) is 7.16 Å². The number of benzene rings is 14. The van der Waals surface area contributed by atoms with Gasteiger partial charge in [-0.2, -0.15) is 0 Å². The number of hydrogen-bond donors (Lipinski definition) is 0. The van der Waals surface area contributed by atoms with Crippen LogP contribution in [0, 0.1) is 0 Å². The molecule has 0 fully saturated rings. The minimum absolute atomic E-state index is 0.0241. The zero-order chi connectivity index (χ0) is 90.9. The molecule has 14 aromatic carbocycles. The zero-order valence-corrected chi connectivity index (χ0v) is 53.5. The van der Waals surface area contributed by atoms with Gasteiger partial charge in [0.05, 0.1) is 73.2 Å². The SMILES string of the molecule is [2H]c1c([2H])c(-c2ccccc2)c(N2c3cc(C(C)(C)C)cc4c3B(c3c([2H])c([2H])c(-n5c6c([2H])c([2H])c([2H])c([2H])c6c6c([2H])c([2H])c([2H])c([2H])c65)c([2H])c32)c2c([2H])c([2H])c(-n3c5c([2H])c([2H])c([2H])c([2H])c5c5c([2H])c(-c6ccccc6)c([2H])c([2H])c53)c([2H])c2N4c2c(-c3ccccc3)c([2H])c(C(C)(C)C)c3c2oc2c([2H])c([2H])c([2H])c([2H])c23)c(-c2ccccc2)c1[2H]. The number of anilines is 6. The van der Waals surface area contributed by atoms with E-state index in [0.717, 1.165) is 9.13 Å². The average Bonchev–Trinajstić information content (AvgIpc) is 1.50. The van der Waals surface area contributed by atoms with E-state index < -0.39 is 259 Å². The standard InChI is InChI=1S/C92H69BN4O/c1-91(2,3)63-53-83-87-84(54-63)97(89-72(61-34-17-10-18-35-61)57-74(92(4,5)6)86-71-39-22-26-45-85(71)98-90(86)89)82-56-65(95-79-44-25-21-38-70(79)73-52-62(46-51-80(73)95)58-28-11-7-12-29-58)48-50-76(82)93(87)75-49-47-64(94-77-42-23-19-36-68(77)69-37-20-24-43-78(69)94)55-81(75)96(83)88-66(59-30-13-8-14-31-59)40-27-41-67(88)60-32-15-9-16-33-60/h7-57H,1-6H3/i19D,20D,21D,22D,23D,24D,25D,26D,27D,36D,37D,38D,39D,40D,41D,42D,43D,44D,45D,46D,47D,48D,49D,50D,51D,52D,55D,56D,57D. The molecule has 19 rings (SSSR count). The van der Waals surface area contributed by atoms with Crippen molar-refractivity contribution in [2.45, 2.75) is 52.4 Å². The Hall–Kier alpha value is -11.9. The molecule has 0 saturated heterocycles. The van der Waals surface area contributed by atoms with E-state index in [-0.39, 0.29) is 111 Å². The molecule has 466 valence electrons. The lowest BCUT2D eigenvalue weighted by molar-refractivity contribution is 0.590. The van der Waals surface area contributed by atoms with E-state index in [1.165, 1.54) is 9.80 Å². The van der Waals surface area contributed by atoms with E-state index in [2.05, 4.69) is 0 Å². The molecule has 0 saturated carbocycles. The fraction of sp³-hybridized carbons (Fsp3) is 0.0870. The van der Waals surface area contributed by atoms with Crippen LogP contribution < -0.4 is 26.2 Å². The maximum atomic E-state index is 11.8. The van der Waals surface area contributed by atoms with Gasteiger partial charge in [0.1, 0.15) is 5.58 Å². The molecule has 0 N–H and O–H groups in total. The van der Waals surface area contributed by atoms with Gasteiger partial charge in [0.25, 0.3) is 6.71 Å². The number of rotatable bonds is 8. The van der Waals surface area contributed by atoms with Gasteiger partial charge < -0.3 is 23.4 Å². The highest BCUT2D eigenvalue weighted by molar-refractivity contribution is 7.00. The smallest absolute Gasteiger partial charge is 0.252 e. The molecule has 5 heterocycles. The summed E-state index contributed by atoms with van der Waals surface area (Å²) in [7, 11) is 0. The predicted octanol–water partition coefficient (Wildman–Crippen LogP) is 23.1. The molecule has 17 aromatic rings. The van der Waals surface area contributed by atoms with Gasteiger partial charge in [0.15, 0.2) is 5.58 Å². The molecule has 0 aliphatic carbocycles. The van der Waals surface area contributed by atoms with Crippen molar-refractivity contribution in [1.82, 2.24) is 9.13 Å². The molecule has 0 unspecified atom stereocenters. The summed E-state index contributed by atoms with van der Waals surface area (Å²) >= 11 is 0. The third-order valence-corrected chi connectivity index (χ3v) is 18.6. The number of nitrogens with zero attached hydrogens (tertiary/aromatic N) is 4. The van der Waals surface area contributed by atoms with Crippen molar-refractivity contribution in [1.29, 1.82) is 0 Å². The van der Waals surface area contributed by atoms with E-state index >= 15 is 0 Å². The van der Waals surface area contributed by atoms with Gasteiger partial charge in [-0.1, -0.05) is 272 Å². The first kappa shape index (κ1) is 35.2. The molecular weight excluding hydrogens is 1190 g/mol. The molecule has 0 radical (unpaired) electrons. The Labute approximate surface area is 612 Å². The molecule has 98 heavy (non-hydrogen) atoms. The van der Waals surface area contributed by atoms with Crippen LogP contribution in [0.5, 0.6) is 0 Å². The second-order valence-corrected chi connectivity index (χ2v) is 26.5. The molecule has 2 aliphatic heterocycles. The maximum Gasteiger partial charge on any atom is 0.252 e. The van der Waals surface area contributed by atoms with Crippen LogP contribution >= 0.6 is 0 Å². The highest BCUT2D eigenvalue weighted by Crippen LogP contribution is 2.56. The largest absolute Gasteiger partial charge is 0.454 e. The average molecular weight is 1290 g/mol. The summed E-state index contributed by atoms with van der Waals surface area (Å²) in [5, 5.41) is -1.87. The van der Waals surface area contributed by atoms with Gasteiger partial charge in [-0.05, 0) is 145 Å². The molecule has 0 atom stereocenters. The van der Waals surface area contributed by atoms with Crippen molar-refractivity contribution in [2.75, 3.05) is 9.80 Å². The predicted molar refractivity (Wildman–Crippen MR) is 416 cm³/mol. The molecular formula is C92H69BN4O. The fourth-order valence-electron chi connectivity index (χ4n) is 14.2. The Morgan fingerprint density at radius 1 is 0.357 bits per heavy atom. The van der Waals surface area contributed by atoms with Crippen LogP contribution in [0.15, 0.2) is 313 Å². The van der Waals surface area contributed by atoms with Crippen LogP contribution in [0.4, 0.5) is 34.1 Å². The monoisotopic (exact) mass is 1290 g/mol. The maximum absolute atomic E-state index is 11.8. The number of hydrogen-bond acceptors (Lipinski definition) is 3. The highest BCUT2D eigenvalue weighted by atomic mass is 16.3. The highest BCUT2D eigenvalue weighted by Gasteiger charge is 2.47. The number of fused-ring (bicyclic) bond motifs is 13. The summed E-state index contributed by atoms with van der Waals surface area (Å²) in [6.07, 6.45) is 0. The Morgan fingerprint density at radius 3 is 1.32 bits per heavy atom. The Morgan fingerprint density at radius 2 is 0.806 bits per heavy atom. The van der Waals surface area contributed by atoms with Crippen molar-refractivity contribution in [3.8, 4) is 55.9 Å². The van der Waals surface area contributed by atoms with Crippen molar-refractivity contribution >= 4 is 123 Å². The van der Waals surface area contributed by atoms with Crippen LogP contribution in [0.3, 0.4) is 0 Å². The molecule has 0 bridgehead atoms. The molecule has 3 aromatic heterocycles. The lowest BCUT2D eigenvalue weighted by Crippen LogP contribution is -2.61. The summed E-state index contributed by atoms with van der Waals surface area (Å²) in [6, 6.07) is 15.0. The molecule has 2 aliphatic rings.